The van der Waals surface area contributed by atoms with Crippen LogP contribution >= 0.6 is 0 Å². The molecule has 3 nitrogen and oxygen atoms in total. The zero-order chi connectivity index (χ0) is 11.8. The van der Waals surface area contributed by atoms with Gasteiger partial charge in [-0.15, -0.1) is 0 Å². The highest BCUT2D eigenvalue weighted by Gasteiger charge is 2.00. The van der Waals surface area contributed by atoms with Crippen LogP contribution in [0.25, 0.3) is 0 Å². The van der Waals surface area contributed by atoms with Gasteiger partial charge in [-0.2, -0.15) is 0 Å². The van der Waals surface area contributed by atoms with Crippen LogP contribution in [0.3, 0.4) is 0 Å². The van der Waals surface area contributed by atoms with Crippen molar-refractivity contribution in [1.82, 2.24) is 0 Å². The van der Waals surface area contributed by atoms with Gasteiger partial charge in [0.2, 0.25) is 0 Å². The maximum Gasteiger partial charge on any atom is 0.303 e. The summed E-state index contributed by atoms with van der Waals surface area (Å²) in [7, 11) is 0. The highest BCUT2D eigenvalue weighted by atomic mass is 16.5. The molecule has 0 atom stereocenters. The molecule has 15 heavy (non-hydrogen) atoms. The lowest BCUT2D eigenvalue weighted by atomic mass is 10.2. The summed E-state index contributed by atoms with van der Waals surface area (Å²) in [5.74, 6) is 0.0694. The molecule has 0 aromatic heterocycles. The van der Waals surface area contributed by atoms with Crippen LogP contribution < -0.4 is 0 Å². The molecule has 1 N–H and O–H groups in total. The first-order chi connectivity index (χ1) is 6.93. The van der Waals surface area contributed by atoms with Crippen LogP contribution in [0.15, 0.2) is 23.0 Å². The monoisotopic (exact) mass is 212 g/mol. The molecule has 0 aliphatic heterocycles. The summed E-state index contributed by atoms with van der Waals surface area (Å²) in [5, 5.41) is 8.45. The van der Waals surface area contributed by atoms with Gasteiger partial charge in [0.1, 0.15) is 5.76 Å². The smallest absolute Gasteiger partial charge is 0.303 e. The predicted molar refractivity (Wildman–Crippen MR) is 60.6 cm³/mol. The molecule has 3 heteroatoms. The van der Waals surface area contributed by atoms with E-state index >= 15 is 0 Å². The van der Waals surface area contributed by atoms with Gasteiger partial charge in [0.25, 0.3) is 0 Å². The minimum Gasteiger partial charge on any atom is -0.494 e. The van der Waals surface area contributed by atoms with Gasteiger partial charge in [0.05, 0.1) is 6.61 Å². The van der Waals surface area contributed by atoms with E-state index in [1.807, 2.05) is 33.8 Å². The number of carbonyl (C=O) groups is 1. The normalized spacial score (nSPS) is 9.33. The van der Waals surface area contributed by atoms with E-state index in [2.05, 4.69) is 0 Å². The highest BCUT2D eigenvalue weighted by Crippen LogP contribution is 2.10. The molecule has 0 rings (SSSR count). The minimum atomic E-state index is -0.778. The molecule has 0 radical (unpaired) electrons. The first-order valence-electron chi connectivity index (χ1n) is 5.10. The molecule has 0 aromatic carbocycles. The minimum absolute atomic E-state index is 0.158. The standard InChI is InChI=1S/C12H20O3/c1-9(2)8-11(10(3)4)15-7-5-6-12(13)14/h8H,5-7H2,1-4H3,(H,13,14). The lowest BCUT2D eigenvalue weighted by molar-refractivity contribution is -0.137. The Hall–Kier alpha value is -1.25. The second kappa shape index (κ2) is 7.10. The molecule has 0 bridgehead atoms. The van der Waals surface area contributed by atoms with Gasteiger partial charge in [-0.05, 0) is 45.8 Å². The average Bonchev–Trinajstić information content (AvgIpc) is 2.08. The quantitative estimate of drug-likeness (QED) is 0.418. The molecule has 0 spiro atoms. The third-order valence-corrected chi connectivity index (χ3v) is 1.71. The van der Waals surface area contributed by atoms with Gasteiger partial charge in [-0.25, -0.2) is 0 Å². The Balaban J connectivity index is 4.06. The fourth-order valence-electron chi connectivity index (χ4n) is 0.998. The van der Waals surface area contributed by atoms with Crippen LogP contribution in [0, 0.1) is 0 Å². The third-order valence-electron chi connectivity index (χ3n) is 1.71. The van der Waals surface area contributed by atoms with Gasteiger partial charge < -0.3 is 9.84 Å². The number of allylic oxidation sites excluding steroid dienone is 3. The van der Waals surface area contributed by atoms with Crippen molar-refractivity contribution in [2.24, 2.45) is 0 Å². The predicted octanol–water partition coefficient (Wildman–Crippen LogP) is 3.13. The molecule has 0 saturated heterocycles. The van der Waals surface area contributed by atoms with E-state index in [9.17, 15) is 4.79 Å². The van der Waals surface area contributed by atoms with Crippen molar-refractivity contribution in [1.29, 1.82) is 0 Å². The molecule has 86 valence electrons. The van der Waals surface area contributed by atoms with Crippen LogP contribution in [0.1, 0.15) is 40.5 Å². The van der Waals surface area contributed by atoms with Crippen molar-refractivity contribution in [2.45, 2.75) is 40.5 Å². The van der Waals surface area contributed by atoms with Gasteiger partial charge in [0, 0.05) is 6.42 Å². The zero-order valence-corrected chi connectivity index (χ0v) is 9.96. The molecule has 0 fully saturated rings. The number of carboxylic acid groups (broad SMARTS) is 1. The van der Waals surface area contributed by atoms with Crippen LogP contribution in [0.5, 0.6) is 0 Å². The van der Waals surface area contributed by atoms with Crippen molar-refractivity contribution in [3.63, 3.8) is 0 Å². The number of hydrogen-bond acceptors (Lipinski definition) is 2. The van der Waals surface area contributed by atoms with Crippen molar-refractivity contribution < 1.29 is 14.6 Å². The van der Waals surface area contributed by atoms with E-state index in [-0.39, 0.29) is 6.42 Å². The van der Waals surface area contributed by atoms with Crippen LogP contribution in [-0.4, -0.2) is 17.7 Å². The van der Waals surface area contributed by atoms with E-state index in [1.54, 1.807) is 0 Å². The summed E-state index contributed by atoms with van der Waals surface area (Å²) in [5.41, 5.74) is 2.27. The Morgan fingerprint density at radius 3 is 2.27 bits per heavy atom. The second-order valence-corrected chi connectivity index (χ2v) is 3.93. The Morgan fingerprint density at radius 2 is 1.87 bits per heavy atom. The fraction of sp³-hybridized carbons (Fsp3) is 0.583. The van der Waals surface area contributed by atoms with Crippen molar-refractivity contribution in [3.05, 3.63) is 23.0 Å². The van der Waals surface area contributed by atoms with Crippen molar-refractivity contribution >= 4 is 5.97 Å². The fourth-order valence-corrected chi connectivity index (χ4v) is 0.998. The highest BCUT2D eigenvalue weighted by molar-refractivity contribution is 5.66. The summed E-state index contributed by atoms with van der Waals surface area (Å²) in [6.45, 7) is 8.42. The SMILES string of the molecule is CC(C)=CC(OCCCC(=O)O)=C(C)C. The molecular formula is C12H20O3. The summed E-state index contributed by atoms with van der Waals surface area (Å²) in [6.07, 6.45) is 2.67. The molecule has 0 amide bonds. The maximum absolute atomic E-state index is 10.3. The number of ether oxygens (including phenoxy) is 1. The summed E-state index contributed by atoms with van der Waals surface area (Å²) in [4.78, 5) is 10.3. The first kappa shape index (κ1) is 13.8. The van der Waals surface area contributed by atoms with Gasteiger partial charge in [0.15, 0.2) is 0 Å². The van der Waals surface area contributed by atoms with Crippen molar-refractivity contribution in [2.75, 3.05) is 6.61 Å². The van der Waals surface area contributed by atoms with Crippen molar-refractivity contribution in [3.8, 4) is 0 Å². The lowest BCUT2D eigenvalue weighted by Crippen LogP contribution is -2.00. The third kappa shape index (κ3) is 7.79. The van der Waals surface area contributed by atoms with Gasteiger partial charge in [-0.1, -0.05) is 5.57 Å². The van der Waals surface area contributed by atoms with Gasteiger partial charge in [-0.3, -0.25) is 4.79 Å². The molecule has 0 aliphatic carbocycles. The summed E-state index contributed by atoms with van der Waals surface area (Å²) in [6, 6.07) is 0. The maximum atomic E-state index is 10.3. The van der Waals surface area contributed by atoms with E-state index in [0.717, 1.165) is 11.3 Å². The van der Waals surface area contributed by atoms with E-state index < -0.39 is 5.97 Å². The summed E-state index contributed by atoms with van der Waals surface area (Å²) < 4.78 is 5.50. The number of hydrogen-bond donors (Lipinski definition) is 1. The molecule has 0 saturated carbocycles. The van der Waals surface area contributed by atoms with E-state index in [0.29, 0.717) is 13.0 Å². The lowest BCUT2D eigenvalue weighted by Gasteiger charge is -2.08. The van der Waals surface area contributed by atoms with Crippen LogP contribution in [-0.2, 0) is 9.53 Å². The Bertz CT molecular complexity index is 267. The molecular weight excluding hydrogens is 192 g/mol. The van der Waals surface area contributed by atoms with E-state index in [4.69, 9.17) is 9.84 Å². The van der Waals surface area contributed by atoms with Crippen LogP contribution in [0.4, 0.5) is 0 Å². The average molecular weight is 212 g/mol. The summed E-state index contributed by atoms with van der Waals surface area (Å²) >= 11 is 0. The molecule has 0 aromatic rings. The molecule has 0 aliphatic rings. The molecule has 0 heterocycles. The van der Waals surface area contributed by atoms with Gasteiger partial charge >= 0.3 is 5.97 Å². The Labute approximate surface area is 91.4 Å². The Morgan fingerprint density at radius 1 is 1.27 bits per heavy atom. The zero-order valence-electron chi connectivity index (χ0n) is 9.96. The van der Waals surface area contributed by atoms with Crippen LogP contribution in [0.2, 0.25) is 0 Å². The second-order valence-electron chi connectivity index (χ2n) is 3.93. The molecule has 0 unspecified atom stereocenters. The number of carboxylic acids is 1. The number of rotatable bonds is 6. The topological polar surface area (TPSA) is 46.5 Å². The number of aliphatic carboxylic acids is 1. The Kier molecular flexibility index (Phi) is 6.50. The van der Waals surface area contributed by atoms with E-state index in [1.165, 1.54) is 5.57 Å². The largest absolute Gasteiger partial charge is 0.494 e. The first-order valence-corrected chi connectivity index (χ1v) is 5.10.